The van der Waals surface area contributed by atoms with Crippen molar-refractivity contribution in [3.8, 4) is 0 Å². The van der Waals surface area contributed by atoms with Gasteiger partial charge in [0, 0.05) is 23.6 Å². The maximum atomic E-state index is 3.68. The summed E-state index contributed by atoms with van der Waals surface area (Å²) in [5.74, 6) is 0.770. The van der Waals surface area contributed by atoms with Crippen LogP contribution in [0.4, 0.5) is 0 Å². The van der Waals surface area contributed by atoms with Gasteiger partial charge in [0.15, 0.2) is 0 Å². The molecule has 1 nitrogen and oxygen atoms in total. The van der Waals surface area contributed by atoms with Gasteiger partial charge in [-0.2, -0.15) is 11.8 Å². The van der Waals surface area contributed by atoms with Crippen LogP contribution in [0.3, 0.4) is 0 Å². The molecule has 2 heteroatoms. The molecule has 0 saturated heterocycles. The Kier molecular flexibility index (Phi) is 7.48. The molecule has 78 valence electrons. The lowest BCUT2D eigenvalue weighted by Gasteiger charge is -2.20. The lowest BCUT2D eigenvalue weighted by Crippen LogP contribution is -2.24. The average Bonchev–Trinajstić information content (AvgIpc) is 2.04. The zero-order valence-electron chi connectivity index (χ0n) is 9.34. The summed E-state index contributed by atoms with van der Waals surface area (Å²) in [6.45, 7) is 14.8. The van der Waals surface area contributed by atoms with Crippen molar-refractivity contribution in [3.05, 3.63) is 12.7 Å². The number of hydrogen-bond donors (Lipinski definition) is 1. The zero-order valence-corrected chi connectivity index (χ0v) is 10.2. The molecule has 0 bridgehead atoms. The molecule has 0 saturated carbocycles. The molecule has 0 rings (SSSR count). The van der Waals surface area contributed by atoms with Gasteiger partial charge in [0.1, 0.15) is 0 Å². The molecule has 0 aliphatic carbocycles. The Morgan fingerprint density at radius 3 is 2.38 bits per heavy atom. The van der Waals surface area contributed by atoms with Crippen LogP contribution in [0.25, 0.3) is 0 Å². The molecule has 0 heterocycles. The maximum Gasteiger partial charge on any atom is 0.0147 e. The first-order valence-electron chi connectivity index (χ1n) is 5.05. The lowest BCUT2D eigenvalue weighted by atomic mass is 10.2. The van der Waals surface area contributed by atoms with E-state index in [4.69, 9.17) is 0 Å². The summed E-state index contributed by atoms with van der Waals surface area (Å²) in [6.07, 6.45) is 1.91. The van der Waals surface area contributed by atoms with E-state index in [1.165, 1.54) is 0 Å². The normalized spacial score (nSPS) is 15.8. The first-order chi connectivity index (χ1) is 6.07. The van der Waals surface area contributed by atoms with Crippen LogP contribution in [0, 0.1) is 5.92 Å². The van der Waals surface area contributed by atoms with E-state index in [1.54, 1.807) is 0 Å². The first-order valence-corrected chi connectivity index (χ1v) is 5.99. The summed E-state index contributed by atoms with van der Waals surface area (Å²) in [6, 6.07) is 0. The van der Waals surface area contributed by atoms with E-state index in [-0.39, 0.29) is 0 Å². The highest BCUT2D eigenvalue weighted by Crippen LogP contribution is 2.22. The summed E-state index contributed by atoms with van der Waals surface area (Å²) in [5.41, 5.74) is 0. The third kappa shape index (κ3) is 7.15. The van der Waals surface area contributed by atoms with Crippen molar-refractivity contribution in [1.82, 2.24) is 5.32 Å². The minimum absolute atomic E-state index is 0.692. The van der Waals surface area contributed by atoms with E-state index < -0.39 is 0 Å². The highest BCUT2D eigenvalue weighted by atomic mass is 32.2. The molecule has 0 aromatic heterocycles. The molecule has 0 aliphatic heterocycles. The van der Waals surface area contributed by atoms with E-state index >= 15 is 0 Å². The number of hydrogen-bond acceptors (Lipinski definition) is 2. The van der Waals surface area contributed by atoms with E-state index in [2.05, 4.69) is 51.4 Å². The number of rotatable bonds is 7. The topological polar surface area (TPSA) is 12.0 Å². The second kappa shape index (κ2) is 7.45. The molecule has 2 atom stereocenters. The summed E-state index contributed by atoms with van der Waals surface area (Å²) in [4.78, 5) is 0. The summed E-state index contributed by atoms with van der Waals surface area (Å²) >= 11 is 2.06. The van der Waals surface area contributed by atoms with Crippen LogP contribution >= 0.6 is 11.8 Å². The standard InChI is InChI=1S/C11H23NS/c1-6-7-12-8-10(4)13-11(5)9(2)3/h6,9-12H,1,7-8H2,2-5H3. The highest BCUT2D eigenvalue weighted by molar-refractivity contribution is 8.00. The van der Waals surface area contributed by atoms with Crippen molar-refractivity contribution in [1.29, 1.82) is 0 Å². The van der Waals surface area contributed by atoms with Crippen LogP contribution in [0.15, 0.2) is 12.7 Å². The summed E-state index contributed by atoms with van der Waals surface area (Å²) < 4.78 is 0. The molecular formula is C11H23NS. The van der Waals surface area contributed by atoms with Crippen LogP contribution in [0.5, 0.6) is 0 Å². The van der Waals surface area contributed by atoms with Crippen LogP contribution in [-0.2, 0) is 0 Å². The van der Waals surface area contributed by atoms with Crippen molar-refractivity contribution < 1.29 is 0 Å². The Balaban J connectivity index is 3.49. The Labute approximate surface area is 87.4 Å². The molecule has 13 heavy (non-hydrogen) atoms. The number of thioether (sulfide) groups is 1. The van der Waals surface area contributed by atoms with E-state index in [9.17, 15) is 0 Å². The molecule has 0 amide bonds. The molecule has 0 spiro atoms. The van der Waals surface area contributed by atoms with Gasteiger partial charge in [0.05, 0.1) is 0 Å². The predicted molar refractivity (Wildman–Crippen MR) is 64.4 cm³/mol. The molecule has 0 aromatic carbocycles. The van der Waals surface area contributed by atoms with Crippen LogP contribution < -0.4 is 5.32 Å². The van der Waals surface area contributed by atoms with Gasteiger partial charge in [0.2, 0.25) is 0 Å². The van der Waals surface area contributed by atoms with Crippen molar-refractivity contribution in [2.24, 2.45) is 5.92 Å². The highest BCUT2D eigenvalue weighted by Gasteiger charge is 2.11. The van der Waals surface area contributed by atoms with Gasteiger partial charge in [0.25, 0.3) is 0 Å². The van der Waals surface area contributed by atoms with Gasteiger partial charge in [-0.15, -0.1) is 6.58 Å². The van der Waals surface area contributed by atoms with Gasteiger partial charge in [-0.3, -0.25) is 0 Å². The van der Waals surface area contributed by atoms with Crippen LogP contribution in [-0.4, -0.2) is 23.6 Å². The van der Waals surface area contributed by atoms with Gasteiger partial charge >= 0.3 is 0 Å². The van der Waals surface area contributed by atoms with Crippen molar-refractivity contribution >= 4 is 11.8 Å². The van der Waals surface area contributed by atoms with Crippen molar-refractivity contribution in [2.45, 2.75) is 38.2 Å². The van der Waals surface area contributed by atoms with E-state index in [0.29, 0.717) is 5.25 Å². The predicted octanol–water partition coefficient (Wildman–Crippen LogP) is 2.93. The quantitative estimate of drug-likeness (QED) is 0.502. The Bertz CT molecular complexity index is 134. The zero-order chi connectivity index (χ0) is 10.3. The Hall–Kier alpha value is 0.0500. The van der Waals surface area contributed by atoms with Crippen molar-refractivity contribution in [2.75, 3.05) is 13.1 Å². The molecule has 2 unspecified atom stereocenters. The largest absolute Gasteiger partial charge is 0.312 e. The third-order valence-electron chi connectivity index (χ3n) is 2.11. The monoisotopic (exact) mass is 201 g/mol. The van der Waals surface area contributed by atoms with Crippen LogP contribution in [0.2, 0.25) is 0 Å². The minimum Gasteiger partial charge on any atom is -0.312 e. The Morgan fingerprint density at radius 2 is 1.92 bits per heavy atom. The average molecular weight is 201 g/mol. The fraction of sp³-hybridized carbons (Fsp3) is 0.818. The fourth-order valence-electron chi connectivity index (χ4n) is 0.960. The summed E-state index contributed by atoms with van der Waals surface area (Å²) in [7, 11) is 0. The SMILES string of the molecule is C=CCNCC(C)SC(C)C(C)C. The molecule has 0 fully saturated rings. The van der Waals surface area contributed by atoms with Crippen molar-refractivity contribution in [3.63, 3.8) is 0 Å². The van der Waals surface area contributed by atoms with Gasteiger partial charge in [-0.1, -0.05) is 33.8 Å². The van der Waals surface area contributed by atoms with Gasteiger partial charge < -0.3 is 5.32 Å². The fourth-order valence-corrected chi connectivity index (χ4v) is 2.22. The lowest BCUT2D eigenvalue weighted by molar-refractivity contribution is 0.636. The molecule has 0 aliphatic rings. The second-order valence-corrected chi connectivity index (χ2v) is 5.66. The van der Waals surface area contributed by atoms with E-state index in [1.807, 2.05) is 6.08 Å². The smallest absolute Gasteiger partial charge is 0.0147 e. The van der Waals surface area contributed by atoms with Gasteiger partial charge in [-0.25, -0.2) is 0 Å². The number of nitrogens with one attached hydrogen (secondary N) is 1. The van der Waals surface area contributed by atoms with Gasteiger partial charge in [-0.05, 0) is 5.92 Å². The third-order valence-corrected chi connectivity index (χ3v) is 3.71. The molecule has 0 aromatic rings. The summed E-state index contributed by atoms with van der Waals surface area (Å²) in [5, 5.41) is 4.78. The molecule has 0 radical (unpaired) electrons. The molecular weight excluding hydrogens is 178 g/mol. The van der Waals surface area contributed by atoms with E-state index in [0.717, 1.165) is 24.3 Å². The molecule has 1 N–H and O–H groups in total. The Morgan fingerprint density at radius 1 is 1.31 bits per heavy atom. The maximum absolute atomic E-state index is 3.68. The van der Waals surface area contributed by atoms with Crippen LogP contribution in [0.1, 0.15) is 27.7 Å². The minimum atomic E-state index is 0.692. The first kappa shape index (κ1) is 13.1. The second-order valence-electron chi connectivity index (χ2n) is 3.84.